The first-order valence-electron chi connectivity index (χ1n) is 12.2. The number of hydrogen-bond acceptors (Lipinski definition) is 7. The van der Waals surface area contributed by atoms with Crippen LogP contribution in [0.5, 0.6) is 0 Å². The van der Waals surface area contributed by atoms with Gasteiger partial charge in [0.15, 0.2) is 5.82 Å². The molecule has 0 saturated heterocycles. The van der Waals surface area contributed by atoms with Gasteiger partial charge in [-0.25, -0.2) is 0 Å². The van der Waals surface area contributed by atoms with Crippen LogP contribution in [0.25, 0.3) is 11.5 Å². The fraction of sp³-hybridized carbons (Fsp3) is 0.600. The SMILES string of the molecule is c1cc(NCC23CCC(c4nc(C5CC5)no4)(CC2)CC3)cc(-c2nnc(C3CC3)o2)c1. The van der Waals surface area contributed by atoms with E-state index in [1.807, 2.05) is 6.07 Å². The van der Waals surface area contributed by atoms with Crippen LogP contribution in [0.4, 0.5) is 5.69 Å². The molecule has 2 bridgehead atoms. The lowest BCUT2D eigenvalue weighted by atomic mass is 9.53. The maximum absolute atomic E-state index is 5.89. The van der Waals surface area contributed by atoms with E-state index in [-0.39, 0.29) is 5.41 Å². The number of aromatic nitrogens is 4. The summed E-state index contributed by atoms with van der Waals surface area (Å²) < 4.78 is 11.7. The maximum Gasteiger partial charge on any atom is 0.247 e. The average Bonchev–Trinajstić information content (AvgIpc) is 3.78. The predicted molar refractivity (Wildman–Crippen MR) is 118 cm³/mol. The molecule has 5 saturated carbocycles. The summed E-state index contributed by atoms with van der Waals surface area (Å²) in [6.07, 6.45) is 11.9. The first kappa shape index (κ1) is 18.8. The zero-order valence-corrected chi connectivity index (χ0v) is 18.3. The summed E-state index contributed by atoms with van der Waals surface area (Å²) in [5.41, 5.74) is 2.59. The van der Waals surface area contributed by atoms with Crippen LogP contribution in [-0.2, 0) is 5.41 Å². The van der Waals surface area contributed by atoms with Crippen LogP contribution >= 0.6 is 0 Å². The van der Waals surface area contributed by atoms with E-state index in [9.17, 15) is 0 Å². The highest BCUT2D eigenvalue weighted by atomic mass is 16.5. The van der Waals surface area contributed by atoms with Crippen molar-refractivity contribution in [3.05, 3.63) is 41.9 Å². The molecule has 0 atom stereocenters. The highest BCUT2D eigenvalue weighted by Gasteiger charge is 2.52. The van der Waals surface area contributed by atoms with E-state index in [0.29, 0.717) is 23.1 Å². The van der Waals surface area contributed by atoms with Crippen molar-refractivity contribution in [3.63, 3.8) is 0 Å². The van der Waals surface area contributed by atoms with Crippen LogP contribution < -0.4 is 5.32 Å². The Balaban J connectivity index is 1.02. The third kappa shape index (κ3) is 3.24. The van der Waals surface area contributed by atoms with Crippen molar-refractivity contribution in [1.82, 2.24) is 20.3 Å². The van der Waals surface area contributed by atoms with E-state index < -0.39 is 0 Å². The van der Waals surface area contributed by atoms with Gasteiger partial charge < -0.3 is 14.3 Å². The molecule has 1 N–H and O–H groups in total. The van der Waals surface area contributed by atoms with Gasteiger partial charge in [-0.1, -0.05) is 11.2 Å². The van der Waals surface area contributed by atoms with Crippen molar-refractivity contribution in [2.45, 2.75) is 81.5 Å². The zero-order chi connectivity index (χ0) is 21.2. The molecule has 2 aromatic heterocycles. The van der Waals surface area contributed by atoms with Crippen molar-refractivity contribution < 1.29 is 8.94 Å². The van der Waals surface area contributed by atoms with Gasteiger partial charge in [-0.05, 0) is 87.8 Å². The van der Waals surface area contributed by atoms with Crippen molar-refractivity contribution in [2.24, 2.45) is 5.41 Å². The molecule has 1 aromatic carbocycles. The van der Waals surface area contributed by atoms with E-state index in [1.54, 1.807) is 0 Å². The highest BCUT2D eigenvalue weighted by Crippen LogP contribution is 2.57. The molecule has 0 radical (unpaired) electrons. The Bertz CT molecular complexity index is 1120. The molecule has 0 unspecified atom stereocenters. The molecule has 166 valence electrons. The van der Waals surface area contributed by atoms with Gasteiger partial charge in [0.25, 0.3) is 0 Å². The van der Waals surface area contributed by atoms with E-state index in [0.717, 1.165) is 54.7 Å². The number of rotatable bonds is 7. The summed E-state index contributed by atoms with van der Waals surface area (Å²) in [7, 11) is 0. The Morgan fingerprint density at radius 2 is 1.72 bits per heavy atom. The maximum atomic E-state index is 5.89. The molecule has 5 fully saturated rings. The van der Waals surface area contributed by atoms with Crippen LogP contribution in [0.1, 0.15) is 93.6 Å². The number of hydrogen-bond donors (Lipinski definition) is 1. The number of nitrogens with one attached hydrogen (secondary N) is 1. The van der Waals surface area contributed by atoms with E-state index >= 15 is 0 Å². The van der Waals surface area contributed by atoms with Crippen LogP contribution in [0.3, 0.4) is 0 Å². The summed E-state index contributed by atoms with van der Waals surface area (Å²) in [6, 6.07) is 8.38. The normalized spacial score (nSPS) is 29.4. The molecule has 0 aliphatic heterocycles. The third-order valence-corrected chi connectivity index (χ3v) is 8.38. The second kappa shape index (κ2) is 6.90. The molecule has 7 heteroatoms. The molecule has 8 rings (SSSR count). The van der Waals surface area contributed by atoms with Crippen LogP contribution in [-0.4, -0.2) is 26.9 Å². The molecule has 32 heavy (non-hydrogen) atoms. The van der Waals surface area contributed by atoms with Crippen molar-refractivity contribution in [2.75, 3.05) is 11.9 Å². The van der Waals surface area contributed by atoms with Crippen molar-refractivity contribution in [3.8, 4) is 11.5 Å². The minimum atomic E-state index is 0.124. The molecular weight excluding hydrogens is 402 g/mol. The Kier molecular flexibility index (Phi) is 4.06. The van der Waals surface area contributed by atoms with Crippen molar-refractivity contribution in [1.29, 1.82) is 0 Å². The molecule has 3 aromatic rings. The van der Waals surface area contributed by atoms with Crippen LogP contribution in [0, 0.1) is 5.41 Å². The average molecular weight is 432 g/mol. The fourth-order valence-corrected chi connectivity index (χ4v) is 5.71. The summed E-state index contributed by atoms with van der Waals surface area (Å²) in [5, 5.41) is 16.5. The van der Waals surface area contributed by atoms with Gasteiger partial charge in [0, 0.05) is 35.0 Å². The van der Waals surface area contributed by atoms with Crippen molar-refractivity contribution >= 4 is 5.69 Å². The first-order chi connectivity index (χ1) is 15.7. The van der Waals surface area contributed by atoms with E-state index in [4.69, 9.17) is 13.9 Å². The van der Waals surface area contributed by atoms with Crippen LogP contribution in [0.15, 0.2) is 33.2 Å². The monoisotopic (exact) mass is 431 g/mol. The van der Waals surface area contributed by atoms with Crippen LogP contribution in [0.2, 0.25) is 0 Å². The molecule has 0 amide bonds. The number of anilines is 1. The van der Waals surface area contributed by atoms with E-state index in [1.165, 1.54) is 44.9 Å². The lowest BCUT2D eigenvalue weighted by molar-refractivity contribution is 0.0322. The standard InChI is InChI=1S/C25H29N5O2/c1-2-18(22-29-28-21(31-22)17-6-7-17)14-19(3-1)26-15-24-8-11-25(12-9-24,13-10-24)23-27-20(30-32-23)16-4-5-16/h1-3,14,16-17,26H,4-13,15H2. The molecule has 2 heterocycles. The third-order valence-electron chi connectivity index (χ3n) is 8.38. The van der Waals surface area contributed by atoms with Gasteiger partial charge in [-0.3, -0.25) is 0 Å². The van der Waals surface area contributed by atoms with Gasteiger partial charge in [-0.15, -0.1) is 10.2 Å². The Morgan fingerprint density at radius 1 is 0.938 bits per heavy atom. The number of nitrogens with zero attached hydrogens (tertiary/aromatic N) is 4. The molecule has 5 aliphatic carbocycles. The Hall–Kier alpha value is -2.70. The zero-order valence-electron chi connectivity index (χ0n) is 18.3. The molecule has 5 aliphatic rings. The number of benzene rings is 1. The summed E-state index contributed by atoms with van der Waals surface area (Å²) in [5.74, 6) is 4.31. The minimum absolute atomic E-state index is 0.124. The van der Waals surface area contributed by atoms with E-state index in [2.05, 4.69) is 38.9 Å². The van der Waals surface area contributed by atoms with Gasteiger partial charge in [0.05, 0.1) is 0 Å². The summed E-state index contributed by atoms with van der Waals surface area (Å²) in [6.45, 7) is 1.00. The Morgan fingerprint density at radius 3 is 2.47 bits per heavy atom. The first-order valence-corrected chi connectivity index (χ1v) is 12.2. The highest BCUT2D eigenvalue weighted by molar-refractivity contribution is 5.61. The largest absolute Gasteiger partial charge is 0.420 e. The Labute approximate surface area is 187 Å². The van der Waals surface area contributed by atoms with Gasteiger partial charge in [-0.2, -0.15) is 4.98 Å². The molecular formula is C25H29N5O2. The lowest BCUT2D eigenvalue weighted by Crippen LogP contribution is -2.47. The smallest absolute Gasteiger partial charge is 0.247 e. The summed E-state index contributed by atoms with van der Waals surface area (Å²) in [4.78, 5) is 4.82. The number of fused-ring (bicyclic) bond motifs is 3. The minimum Gasteiger partial charge on any atom is -0.420 e. The predicted octanol–water partition coefficient (Wildman–Crippen LogP) is 5.58. The second-order valence-electron chi connectivity index (χ2n) is 10.7. The molecule has 0 spiro atoms. The van der Waals surface area contributed by atoms with Gasteiger partial charge in [0.1, 0.15) is 0 Å². The fourth-order valence-electron chi connectivity index (χ4n) is 5.71. The van der Waals surface area contributed by atoms with Gasteiger partial charge >= 0.3 is 0 Å². The lowest BCUT2D eigenvalue weighted by Gasteiger charge is -2.52. The molecule has 7 nitrogen and oxygen atoms in total. The quantitative estimate of drug-likeness (QED) is 0.522. The summed E-state index contributed by atoms with van der Waals surface area (Å²) >= 11 is 0. The second-order valence-corrected chi connectivity index (χ2v) is 10.7. The topological polar surface area (TPSA) is 89.9 Å². The van der Waals surface area contributed by atoms with Gasteiger partial charge in [0.2, 0.25) is 17.7 Å².